The Hall–Kier alpha value is -2.60. The van der Waals surface area contributed by atoms with E-state index in [-0.39, 0.29) is 6.61 Å². The van der Waals surface area contributed by atoms with Gasteiger partial charge in [0.05, 0.1) is 6.61 Å². The highest BCUT2D eigenvalue weighted by atomic mass is 35.5. The first-order valence-corrected chi connectivity index (χ1v) is 7.44. The molecule has 0 atom stereocenters. The summed E-state index contributed by atoms with van der Waals surface area (Å²) < 4.78 is 16.4. The Bertz CT molecular complexity index is 698. The van der Waals surface area contributed by atoms with Crippen molar-refractivity contribution in [3.05, 3.63) is 53.6 Å². The Morgan fingerprint density at radius 2 is 1.87 bits per heavy atom. The van der Waals surface area contributed by atoms with Crippen LogP contribution in [0.15, 0.2) is 48.5 Å². The monoisotopic (exact) mass is 334 g/mol. The zero-order chi connectivity index (χ0) is 16.3. The van der Waals surface area contributed by atoms with E-state index in [0.717, 1.165) is 0 Å². The molecular weight excluding hydrogens is 320 g/mol. The van der Waals surface area contributed by atoms with Gasteiger partial charge in [-0.1, -0.05) is 29.8 Å². The second kappa shape index (κ2) is 6.26. The van der Waals surface area contributed by atoms with Crippen LogP contribution < -0.4 is 20.1 Å². The Morgan fingerprint density at radius 1 is 1.17 bits per heavy atom. The van der Waals surface area contributed by atoms with Gasteiger partial charge in [0.25, 0.3) is 0 Å². The van der Waals surface area contributed by atoms with E-state index in [1.165, 1.54) is 0 Å². The molecule has 23 heavy (non-hydrogen) atoms. The molecule has 1 aliphatic rings. The van der Waals surface area contributed by atoms with Crippen LogP contribution >= 0.6 is 11.6 Å². The van der Waals surface area contributed by atoms with E-state index < -0.39 is 12.1 Å². The summed E-state index contributed by atoms with van der Waals surface area (Å²) in [5, 5.41) is 6.08. The molecule has 0 radical (unpaired) electrons. The van der Waals surface area contributed by atoms with Crippen LogP contribution in [0.1, 0.15) is 6.92 Å². The Balaban J connectivity index is 1.87. The number of hydrogen-bond donors (Lipinski definition) is 2. The quantitative estimate of drug-likeness (QED) is 0.836. The van der Waals surface area contributed by atoms with E-state index >= 15 is 0 Å². The molecule has 2 aromatic carbocycles. The SMILES string of the molecule is CCOC(=O)NC1(Nc2cccc(Cl)c2)Oc2ccccc2O1. The van der Waals surface area contributed by atoms with E-state index in [4.69, 9.17) is 25.8 Å². The number of anilines is 1. The van der Waals surface area contributed by atoms with Crippen molar-refractivity contribution in [1.29, 1.82) is 0 Å². The molecule has 0 aliphatic carbocycles. The van der Waals surface area contributed by atoms with E-state index in [2.05, 4.69) is 10.6 Å². The first kappa shape index (κ1) is 15.3. The number of para-hydroxylation sites is 2. The molecule has 3 rings (SSSR count). The van der Waals surface area contributed by atoms with Gasteiger partial charge in [0.2, 0.25) is 0 Å². The minimum atomic E-state index is -1.61. The summed E-state index contributed by atoms with van der Waals surface area (Å²) in [6, 6.07) is 12.5. The van der Waals surface area contributed by atoms with Crippen LogP contribution in [0.4, 0.5) is 10.5 Å². The van der Waals surface area contributed by atoms with Gasteiger partial charge in [0.15, 0.2) is 11.5 Å². The molecule has 6 nitrogen and oxygen atoms in total. The minimum Gasteiger partial charge on any atom is -0.450 e. The topological polar surface area (TPSA) is 68.8 Å². The lowest BCUT2D eigenvalue weighted by Crippen LogP contribution is -2.61. The molecular formula is C16H15ClN2O4. The van der Waals surface area contributed by atoms with Crippen molar-refractivity contribution in [1.82, 2.24) is 5.32 Å². The second-order valence-electron chi connectivity index (χ2n) is 4.75. The lowest BCUT2D eigenvalue weighted by atomic mass is 10.3. The minimum absolute atomic E-state index is 0.228. The highest BCUT2D eigenvalue weighted by Crippen LogP contribution is 2.38. The maximum Gasteiger partial charge on any atom is 0.435 e. The summed E-state index contributed by atoms with van der Waals surface area (Å²) in [5.74, 6) is 0.998. The summed E-state index contributed by atoms with van der Waals surface area (Å²) in [4.78, 5) is 11.9. The molecule has 0 spiro atoms. The molecule has 0 saturated heterocycles. The van der Waals surface area contributed by atoms with Crippen LogP contribution in [-0.2, 0) is 4.74 Å². The van der Waals surface area contributed by atoms with E-state index in [1.807, 2.05) is 12.1 Å². The average molecular weight is 335 g/mol. The molecule has 2 aromatic rings. The number of carbonyl (C=O) groups is 1. The van der Waals surface area contributed by atoms with Gasteiger partial charge >= 0.3 is 12.1 Å². The zero-order valence-corrected chi connectivity index (χ0v) is 13.1. The third kappa shape index (κ3) is 3.43. The summed E-state index contributed by atoms with van der Waals surface area (Å²) in [5.41, 5.74) is 0.613. The molecule has 0 saturated carbocycles. The lowest BCUT2D eigenvalue weighted by Gasteiger charge is -2.28. The number of fused-ring (bicyclic) bond motifs is 1. The third-order valence-corrected chi connectivity index (χ3v) is 3.27. The molecule has 0 aromatic heterocycles. The van der Waals surface area contributed by atoms with Crippen LogP contribution in [0.3, 0.4) is 0 Å². The number of hydrogen-bond acceptors (Lipinski definition) is 5. The van der Waals surface area contributed by atoms with Crippen LogP contribution in [0.25, 0.3) is 0 Å². The van der Waals surface area contributed by atoms with Crippen molar-refractivity contribution in [2.45, 2.75) is 13.0 Å². The number of nitrogens with one attached hydrogen (secondary N) is 2. The van der Waals surface area contributed by atoms with Crippen LogP contribution in [0.5, 0.6) is 11.5 Å². The summed E-state index contributed by atoms with van der Waals surface area (Å²) >= 11 is 5.99. The number of alkyl carbamates (subject to hydrolysis) is 1. The summed E-state index contributed by atoms with van der Waals surface area (Å²) in [6.07, 6.45) is -0.671. The fourth-order valence-corrected chi connectivity index (χ4v) is 2.33. The molecule has 2 N–H and O–H groups in total. The van der Waals surface area contributed by atoms with Crippen molar-refractivity contribution in [2.75, 3.05) is 11.9 Å². The Kier molecular flexibility index (Phi) is 4.16. The van der Waals surface area contributed by atoms with Gasteiger partial charge in [-0.05, 0) is 37.3 Å². The standard InChI is InChI=1S/C16H15ClN2O4/c1-2-21-15(20)19-16(18-12-7-5-6-11(17)10-12)22-13-8-3-4-9-14(13)23-16/h3-10,18H,2H2,1H3,(H,19,20). The second-order valence-corrected chi connectivity index (χ2v) is 5.18. The highest BCUT2D eigenvalue weighted by molar-refractivity contribution is 6.30. The molecule has 0 bridgehead atoms. The van der Waals surface area contributed by atoms with Gasteiger partial charge in [-0.15, -0.1) is 0 Å². The molecule has 1 aliphatic heterocycles. The smallest absolute Gasteiger partial charge is 0.435 e. The van der Waals surface area contributed by atoms with Crippen LogP contribution in [0.2, 0.25) is 5.02 Å². The molecule has 1 heterocycles. The third-order valence-electron chi connectivity index (χ3n) is 3.03. The fraction of sp³-hybridized carbons (Fsp3) is 0.188. The van der Waals surface area contributed by atoms with Crippen molar-refractivity contribution in [3.8, 4) is 11.5 Å². The van der Waals surface area contributed by atoms with Gasteiger partial charge in [-0.2, -0.15) is 0 Å². The molecule has 0 fully saturated rings. The number of carbonyl (C=O) groups excluding carboxylic acids is 1. The number of rotatable bonds is 4. The van der Waals surface area contributed by atoms with E-state index in [0.29, 0.717) is 22.2 Å². The number of ether oxygens (including phenoxy) is 3. The average Bonchev–Trinajstić information content (AvgIpc) is 2.84. The van der Waals surface area contributed by atoms with Gasteiger partial charge in [0.1, 0.15) is 0 Å². The molecule has 1 amide bonds. The summed E-state index contributed by atoms with van der Waals surface area (Å²) in [7, 11) is 0. The number of amides is 1. The van der Waals surface area contributed by atoms with Crippen molar-refractivity contribution in [3.63, 3.8) is 0 Å². The van der Waals surface area contributed by atoms with E-state index in [1.54, 1.807) is 43.3 Å². The van der Waals surface area contributed by atoms with Crippen molar-refractivity contribution >= 4 is 23.4 Å². The van der Waals surface area contributed by atoms with Crippen molar-refractivity contribution in [2.24, 2.45) is 0 Å². The first-order chi connectivity index (χ1) is 11.1. The predicted molar refractivity (Wildman–Crippen MR) is 85.7 cm³/mol. The molecule has 120 valence electrons. The van der Waals surface area contributed by atoms with Crippen LogP contribution in [-0.4, -0.2) is 18.7 Å². The predicted octanol–water partition coefficient (Wildman–Crippen LogP) is 3.58. The number of benzene rings is 2. The van der Waals surface area contributed by atoms with Gasteiger partial charge in [-0.25, -0.2) is 10.1 Å². The largest absolute Gasteiger partial charge is 0.450 e. The maximum absolute atomic E-state index is 11.9. The van der Waals surface area contributed by atoms with Gasteiger partial charge < -0.3 is 14.2 Å². The van der Waals surface area contributed by atoms with Gasteiger partial charge in [-0.3, -0.25) is 5.32 Å². The van der Waals surface area contributed by atoms with E-state index in [9.17, 15) is 4.79 Å². The Labute approximate surface area is 138 Å². The molecule has 7 heteroatoms. The Morgan fingerprint density at radius 3 is 2.48 bits per heavy atom. The normalized spacial score (nSPS) is 14.2. The first-order valence-electron chi connectivity index (χ1n) is 7.06. The van der Waals surface area contributed by atoms with Crippen molar-refractivity contribution < 1.29 is 19.0 Å². The highest BCUT2D eigenvalue weighted by Gasteiger charge is 2.44. The van der Waals surface area contributed by atoms with Gasteiger partial charge in [0, 0.05) is 10.7 Å². The van der Waals surface area contributed by atoms with Crippen LogP contribution in [0, 0.1) is 0 Å². The zero-order valence-electron chi connectivity index (χ0n) is 12.3. The maximum atomic E-state index is 11.9. The number of halogens is 1. The summed E-state index contributed by atoms with van der Waals surface area (Å²) in [6.45, 7) is 1.94. The fourth-order valence-electron chi connectivity index (χ4n) is 2.14. The lowest BCUT2D eigenvalue weighted by molar-refractivity contribution is -0.0769. The molecule has 0 unspecified atom stereocenters.